The number of rotatable bonds is 4. The van der Waals surface area contributed by atoms with E-state index in [9.17, 15) is 9.59 Å². The van der Waals surface area contributed by atoms with Gasteiger partial charge in [0, 0.05) is 6.42 Å². The van der Waals surface area contributed by atoms with Crippen molar-refractivity contribution in [3.8, 4) is 0 Å². The molecular weight excluding hydrogens is 220 g/mol. The third-order valence-electron chi connectivity index (χ3n) is 2.81. The fourth-order valence-corrected chi connectivity index (χ4v) is 1.21. The third kappa shape index (κ3) is 5.20. The van der Waals surface area contributed by atoms with Crippen molar-refractivity contribution in [1.29, 1.82) is 0 Å². The molecule has 0 spiro atoms. The quantitative estimate of drug-likeness (QED) is 0.713. The predicted octanol–water partition coefficient (Wildman–Crippen LogP) is 2.70. The molecule has 0 bridgehead atoms. The van der Waals surface area contributed by atoms with E-state index in [1.54, 1.807) is 0 Å². The van der Waals surface area contributed by atoms with Crippen molar-refractivity contribution < 1.29 is 19.1 Å². The number of esters is 2. The molecule has 100 valence electrons. The van der Waals surface area contributed by atoms with Crippen molar-refractivity contribution in [2.24, 2.45) is 5.41 Å². The molecule has 1 aliphatic heterocycles. The molecule has 0 aromatic carbocycles. The highest BCUT2D eigenvalue weighted by molar-refractivity contribution is 5.76. The Kier molecular flexibility index (Phi) is 6.85. The molecular formula is C13H24O4. The zero-order valence-electron chi connectivity index (χ0n) is 11.5. The van der Waals surface area contributed by atoms with Gasteiger partial charge in [0.1, 0.15) is 12.7 Å². The van der Waals surface area contributed by atoms with Gasteiger partial charge in [0.2, 0.25) is 0 Å². The Bertz CT molecular complexity index is 258. The van der Waals surface area contributed by atoms with Crippen LogP contribution in [0.25, 0.3) is 0 Å². The monoisotopic (exact) mass is 244 g/mol. The minimum absolute atomic E-state index is 0.188. The van der Waals surface area contributed by atoms with Crippen LogP contribution in [0.5, 0.6) is 0 Å². The van der Waals surface area contributed by atoms with Crippen molar-refractivity contribution in [1.82, 2.24) is 0 Å². The Morgan fingerprint density at radius 3 is 2.47 bits per heavy atom. The van der Waals surface area contributed by atoms with Gasteiger partial charge in [-0.3, -0.25) is 9.59 Å². The van der Waals surface area contributed by atoms with E-state index in [4.69, 9.17) is 9.47 Å². The van der Waals surface area contributed by atoms with Crippen LogP contribution in [0.15, 0.2) is 0 Å². The van der Waals surface area contributed by atoms with Crippen LogP contribution >= 0.6 is 0 Å². The maximum atomic E-state index is 11.6. The van der Waals surface area contributed by atoms with Gasteiger partial charge in [-0.2, -0.15) is 0 Å². The fourth-order valence-electron chi connectivity index (χ4n) is 1.21. The van der Waals surface area contributed by atoms with Crippen molar-refractivity contribution in [3.63, 3.8) is 0 Å². The molecule has 4 heteroatoms. The summed E-state index contributed by atoms with van der Waals surface area (Å²) < 4.78 is 10.1. The molecule has 1 atom stereocenters. The van der Waals surface area contributed by atoms with Crippen LogP contribution in [0, 0.1) is 5.41 Å². The third-order valence-corrected chi connectivity index (χ3v) is 2.81. The van der Waals surface area contributed by atoms with Crippen LogP contribution in [0.1, 0.15) is 53.9 Å². The first-order chi connectivity index (χ1) is 7.95. The molecule has 0 amide bonds. The maximum absolute atomic E-state index is 11.6. The van der Waals surface area contributed by atoms with E-state index in [1.165, 1.54) is 0 Å². The summed E-state index contributed by atoms with van der Waals surface area (Å²) in [6.07, 6.45) is 1.57. The van der Waals surface area contributed by atoms with Crippen LogP contribution in [0.4, 0.5) is 0 Å². The molecule has 4 nitrogen and oxygen atoms in total. The second-order valence-corrected chi connectivity index (χ2v) is 4.49. The Balaban J connectivity index is 0.00000121. The summed E-state index contributed by atoms with van der Waals surface area (Å²) in [7, 11) is 0. The highest BCUT2D eigenvalue weighted by atomic mass is 16.6. The summed E-state index contributed by atoms with van der Waals surface area (Å²) >= 11 is 0. The summed E-state index contributed by atoms with van der Waals surface area (Å²) in [5.74, 6) is -0.432. The lowest BCUT2D eigenvalue weighted by atomic mass is 9.91. The van der Waals surface area contributed by atoms with Gasteiger partial charge in [-0.15, -0.1) is 0 Å². The first-order valence-corrected chi connectivity index (χ1v) is 6.32. The summed E-state index contributed by atoms with van der Waals surface area (Å²) in [6.45, 7) is 9.82. The molecule has 1 aliphatic rings. The molecule has 1 rings (SSSR count). The zero-order valence-corrected chi connectivity index (χ0v) is 11.5. The summed E-state index contributed by atoms with van der Waals surface area (Å²) in [5, 5.41) is 0. The summed E-state index contributed by atoms with van der Waals surface area (Å²) in [6, 6.07) is 0. The lowest BCUT2D eigenvalue weighted by Gasteiger charge is -2.21. The van der Waals surface area contributed by atoms with Gasteiger partial charge in [0.25, 0.3) is 0 Å². The topological polar surface area (TPSA) is 52.6 Å². The molecule has 0 radical (unpaired) electrons. The molecule has 0 aromatic heterocycles. The predicted molar refractivity (Wildman–Crippen MR) is 65.5 cm³/mol. The average Bonchev–Trinajstić information content (AvgIpc) is 2.74. The molecule has 0 saturated carbocycles. The number of cyclic esters (lactones) is 1. The number of hydrogen-bond acceptors (Lipinski definition) is 4. The molecule has 0 aromatic rings. The number of hydrogen-bond donors (Lipinski definition) is 0. The second-order valence-electron chi connectivity index (χ2n) is 4.49. The number of carbonyl (C=O) groups is 2. The van der Waals surface area contributed by atoms with E-state index in [0.29, 0.717) is 12.8 Å². The van der Waals surface area contributed by atoms with Crippen LogP contribution in [0.3, 0.4) is 0 Å². The first kappa shape index (κ1) is 15.9. The van der Waals surface area contributed by atoms with Crippen molar-refractivity contribution >= 4 is 11.9 Å². The zero-order chi connectivity index (χ0) is 13.5. The minimum atomic E-state index is -0.456. The maximum Gasteiger partial charge on any atom is 0.311 e. The highest BCUT2D eigenvalue weighted by Gasteiger charge is 2.30. The summed E-state index contributed by atoms with van der Waals surface area (Å²) in [5.41, 5.74) is -0.456. The van der Waals surface area contributed by atoms with Crippen LogP contribution < -0.4 is 0 Å². The van der Waals surface area contributed by atoms with E-state index in [2.05, 4.69) is 0 Å². The van der Waals surface area contributed by atoms with Gasteiger partial charge in [-0.25, -0.2) is 0 Å². The Labute approximate surface area is 104 Å². The first-order valence-electron chi connectivity index (χ1n) is 6.32. The number of ether oxygens (including phenoxy) is 2. The summed E-state index contributed by atoms with van der Waals surface area (Å²) in [4.78, 5) is 22.4. The molecule has 0 N–H and O–H groups in total. The minimum Gasteiger partial charge on any atom is -0.461 e. The largest absolute Gasteiger partial charge is 0.461 e. The van der Waals surface area contributed by atoms with Crippen molar-refractivity contribution in [2.75, 3.05) is 6.61 Å². The normalized spacial score (nSPS) is 19.1. The fraction of sp³-hybridized carbons (Fsp3) is 0.846. The van der Waals surface area contributed by atoms with Crippen LogP contribution in [-0.4, -0.2) is 24.6 Å². The van der Waals surface area contributed by atoms with Crippen molar-refractivity contribution in [3.05, 3.63) is 0 Å². The van der Waals surface area contributed by atoms with Crippen LogP contribution in [-0.2, 0) is 19.1 Å². The average molecular weight is 244 g/mol. The molecule has 1 heterocycles. The van der Waals surface area contributed by atoms with E-state index in [-0.39, 0.29) is 24.6 Å². The molecule has 17 heavy (non-hydrogen) atoms. The van der Waals surface area contributed by atoms with E-state index in [1.807, 2.05) is 34.6 Å². The standard InChI is InChI=1S/C11H18O4.C2H6/c1-4-11(2,3)10(13)14-7-8-5-6-9(12)15-8;1-2/h8H,4-7H2,1-3H3;1-2H3. The van der Waals surface area contributed by atoms with Crippen LogP contribution in [0.2, 0.25) is 0 Å². The van der Waals surface area contributed by atoms with Gasteiger partial charge in [-0.05, 0) is 26.7 Å². The van der Waals surface area contributed by atoms with E-state index in [0.717, 1.165) is 6.42 Å². The molecule has 0 aliphatic carbocycles. The number of carbonyl (C=O) groups excluding carboxylic acids is 2. The smallest absolute Gasteiger partial charge is 0.311 e. The lowest BCUT2D eigenvalue weighted by molar-refractivity contribution is -0.160. The van der Waals surface area contributed by atoms with Crippen molar-refractivity contribution in [2.45, 2.75) is 60.0 Å². The van der Waals surface area contributed by atoms with Gasteiger partial charge in [0.05, 0.1) is 5.41 Å². The van der Waals surface area contributed by atoms with E-state index >= 15 is 0 Å². The SMILES string of the molecule is CC.CCC(C)(C)C(=O)OCC1CCC(=O)O1. The van der Waals surface area contributed by atoms with Gasteiger partial charge >= 0.3 is 11.9 Å². The van der Waals surface area contributed by atoms with Gasteiger partial charge < -0.3 is 9.47 Å². The van der Waals surface area contributed by atoms with E-state index < -0.39 is 5.41 Å². The molecule has 1 unspecified atom stereocenters. The lowest BCUT2D eigenvalue weighted by Crippen LogP contribution is -2.29. The van der Waals surface area contributed by atoms with Gasteiger partial charge in [0.15, 0.2) is 0 Å². The molecule has 1 fully saturated rings. The molecule has 1 saturated heterocycles. The Morgan fingerprint density at radius 2 is 2.06 bits per heavy atom. The van der Waals surface area contributed by atoms with Gasteiger partial charge in [-0.1, -0.05) is 20.8 Å². The second kappa shape index (κ2) is 7.30. The Morgan fingerprint density at radius 1 is 1.47 bits per heavy atom. The highest BCUT2D eigenvalue weighted by Crippen LogP contribution is 2.22. The Hall–Kier alpha value is -1.06.